The quantitative estimate of drug-likeness (QED) is 0.135. The molecule has 0 aliphatic carbocycles. The molecule has 0 saturated heterocycles. The normalized spacial score (nSPS) is 12.7. The van der Waals surface area contributed by atoms with Crippen LogP contribution in [-0.2, 0) is 20.1 Å². The van der Waals surface area contributed by atoms with Gasteiger partial charge in [0.25, 0.3) is 0 Å². The van der Waals surface area contributed by atoms with Crippen molar-refractivity contribution in [1.29, 1.82) is 0 Å². The Bertz CT molecular complexity index is 1830. The molecule has 0 saturated carbocycles. The van der Waals surface area contributed by atoms with E-state index in [1.807, 2.05) is 30.5 Å². The minimum absolute atomic E-state index is 0. The number of nitrogens with zero attached hydrogens (tertiary/aromatic N) is 2. The molecule has 5 heteroatoms. The van der Waals surface area contributed by atoms with Crippen LogP contribution in [0.15, 0.2) is 95.7 Å². The summed E-state index contributed by atoms with van der Waals surface area (Å²) in [5, 5.41) is 3.71. The summed E-state index contributed by atoms with van der Waals surface area (Å²) < 4.78 is 28.0. The van der Waals surface area contributed by atoms with Gasteiger partial charge >= 0.3 is 0 Å². The second-order valence-electron chi connectivity index (χ2n) is 11.0. The molecule has 0 N–H and O–H groups in total. The smallest absolute Gasteiger partial charge is 0.120 e. The maximum atomic E-state index is 7.23. The second kappa shape index (κ2) is 12.4. The third kappa shape index (κ3) is 6.50. The molecule has 6 rings (SSSR count). The molecular formula is C35H34IrN2OSi-2. The maximum Gasteiger partial charge on any atom is 0.120 e. The van der Waals surface area contributed by atoms with E-state index in [2.05, 4.69) is 92.0 Å². The van der Waals surface area contributed by atoms with Crippen LogP contribution in [0.2, 0.25) is 19.6 Å². The molecule has 0 aliphatic rings. The van der Waals surface area contributed by atoms with E-state index in [0.29, 0.717) is 5.92 Å². The van der Waals surface area contributed by atoms with Crippen LogP contribution in [0.25, 0.3) is 44.5 Å². The molecule has 0 atom stereocenters. The number of fused-ring (bicyclic) bond motifs is 3. The molecule has 0 aliphatic heterocycles. The van der Waals surface area contributed by atoms with E-state index in [-0.39, 0.29) is 25.7 Å². The Morgan fingerprint density at radius 2 is 1.70 bits per heavy atom. The van der Waals surface area contributed by atoms with Gasteiger partial charge in [-0.05, 0) is 41.9 Å². The van der Waals surface area contributed by atoms with Crippen molar-refractivity contribution >= 4 is 35.2 Å². The molecular weight excluding hydrogens is 685 g/mol. The van der Waals surface area contributed by atoms with Gasteiger partial charge in [0.05, 0.1) is 13.7 Å². The first-order valence-corrected chi connectivity index (χ1v) is 16.7. The molecule has 3 heterocycles. The van der Waals surface area contributed by atoms with Crippen LogP contribution in [-0.4, -0.2) is 18.0 Å². The third-order valence-electron chi connectivity index (χ3n) is 6.75. The topological polar surface area (TPSA) is 38.9 Å². The molecule has 3 aromatic heterocycles. The maximum absolute atomic E-state index is 7.23. The monoisotopic (exact) mass is 722 g/mol. The molecule has 6 aromatic rings. The van der Waals surface area contributed by atoms with Crippen LogP contribution < -0.4 is 5.19 Å². The zero-order chi connectivity index (χ0) is 30.1. The minimum Gasteiger partial charge on any atom is -0.501 e. The molecule has 205 valence electrons. The Morgan fingerprint density at radius 1 is 0.850 bits per heavy atom. The van der Waals surface area contributed by atoms with Gasteiger partial charge in [-0.2, -0.15) is 0 Å². The average Bonchev–Trinajstić information content (AvgIpc) is 3.35. The van der Waals surface area contributed by atoms with Crippen LogP contribution in [0.1, 0.15) is 35.0 Å². The minimum atomic E-state index is -2.09. The van der Waals surface area contributed by atoms with Crippen molar-refractivity contribution in [2.45, 2.75) is 46.3 Å². The third-order valence-corrected chi connectivity index (χ3v) is 8.80. The van der Waals surface area contributed by atoms with Crippen molar-refractivity contribution in [2.75, 3.05) is 0 Å². The van der Waals surface area contributed by atoms with Crippen molar-refractivity contribution in [1.82, 2.24) is 9.97 Å². The van der Waals surface area contributed by atoms with E-state index >= 15 is 0 Å². The SMILES string of the molecule is CC(C)c1ccnc(-c2[c-]ccc3c2oc2cc([Si](C)(C)C)ccc23)c1.[2H]C([2H])([2H])c1ccc(-c2[c-]cccc2)nc1.[Ir]. The Labute approximate surface area is 256 Å². The molecule has 3 aromatic carbocycles. The fourth-order valence-electron chi connectivity index (χ4n) is 4.45. The predicted molar refractivity (Wildman–Crippen MR) is 166 cm³/mol. The van der Waals surface area contributed by atoms with Gasteiger partial charge in [0.15, 0.2) is 0 Å². The fraction of sp³-hybridized carbons (Fsp3) is 0.200. The molecule has 0 unspecified atom stereocenters. The van der Waals surface area contributed by atoms with Crippen molar-refractivity contribution in [3.63, 3.8) is 0 Å². The zero-order valence-corrected chi connectivity index (χ0v) is 26.8. The Morgan fingerprint density at radius 3 is 2.38 bits per heavy atom. The number of hydrogen-bond donors (Lipinski definition) is 0. The average molecular weight is 722 g/mol. The number of hydrogen-bond acceptors (Lipinski definition) is 3. The van der Waals surface area contributed by atoms with E-state index in [0.717, 1.165) is 44.5 Å². The standard InChI is InChI=1S/C23H24NOSi.C12H10N.Ir/c1-15(2)16-11-12-24-21(13-16)20-8-6-7-19-18-10-9-17(26(3,4)5)14-22(18)25-23(19)20;1-10-7-8-12(13-9-10)11-5-3-2-4-6-11;/h6-7,9-15H,1-5H3;2-5,7-9H,1H3;/q2*-1;/i;1D3;. The Balaban J connectivity index is 0.000000215. The first kappa shape index (κ1) is 25.6. The second-order valence-corrected chi connectivity index (χ2v) is 16.1. The summed E-state index contributed by atoms with van der Waals surface area (Å²) in [6, 6.07) is 32.1. The van der Waals surface area contributed by atoms with Crippen molar-refractivity contribution in [3.05, 3.63) is 115 Å². The van der Waals surface area contributed by atoms with Crippen molar-refractivity contribution in [3.8, 4) is 22.5 Å². The summed E-state index contributed by atoms with van der Waals surface area (Å²) in [4.78, 5) is 8.71. The summed E-state index contributed by atoms with van der Waals surface area (Å²) in [6.45, 7) is 9.38. The largest absolute Gasteiger partial charge is 0.501 e. The van der Waals surface area contributed by atoms with Crippen molar-refractivity contribution in [2.24, 2.45) is 0 Å². The van der Waals surface area contributed by atoms with E-state index in [1.54, 1.807) is 18.2 Å². The summed E-state index contributed by atoms with van der Waals surface area (Å²) in [6.07, 6.45) is 3.27. The number of furan rings is 1. The van der Waals surface area contributed by atoms with Crippen LogP contribution >= 0.6 is 0 Å². The summed E-state index contributed by atoms with van der Waals surface area (Å²) in [7, 11) is -1.38. The Hall–Kier alpha value is -3.37. The van der Waals surface area contributed by atoms with Crippen LogP contribution in [0.3, 0.4) is 0 Å². The van der Waals surface area contributed by atoms with E-state index < -0.39 is 14.9 Å². The molecule has 0 bridgehead atoms. The van der Waals surface area contributed by atoms with Crippen LogP contribution in [0.4, 0.5) is 0 Å². The van der Waals surface area contributed by atoms with Gasteiger partial charge in [-0.25, -0.2) is 0 Å². The summed E-state index contributed by atoms with van der Waals surface area (Å²) >= 11 is 0. The fourth-order valence-corrected chi connectivity index (χ4v) is 5.59. The van der Waals surface area contributed by atoms with Crippen molar-refractivity contribution < 1.29 is 28.6 Å². The molecule has 0 fully saturated rings. The molecule has 0 amide bonds. The van der Waals surface area contributed by atoms with Gasteiger partial charge in [-0.15, -0.1) is 54.1 Å². The van der Waals surface area contributed by atoms with Gasteiger partial charge in [-0.1, -0.05) is 85.5 Å². The van der Waals surface area contributed by atoms with E-state index in [4.69, 9.17) is 8.53 Å². The van der Waals surface area contributed by atoms with E-state index in [9.17, 15) is 0 Å². The van der Waals surface area contributed by atoms with Crippen LogP contribution in [0, 0.1) is 19.0 Å². The number of benzene rings is 3. The molecule has 3 nitrogen and oxygen atoms in total. The number of pyridine rings is 2. The molecule has 1 radical (unpaired) electrons. The van der Waals surface area contributed by atoms with Gasteiger partial charge in [0.1, 0.15) is 5.58 Å². The summed E-state index contributed by atoms with van der Waals surface area (Å²) in [5.41, 5.74) is 6.82. The Kier molecular flexibility index (Phi) is 7.95. The molecule has 40 heavy (non-hydrogen) atoms. The number of rotatable bonds is 4. The molecule has 0 spiro atoms. The van der Waals surface area contributed by atoms with Gasteiger partial charge in [0.2, 0.25) is 0 Å². The summed E-state index contributed by atoms with van der Waals surface area (Å²) in [5.74, 6) is 0.464. The number of aryl methyl sites for hydroxylation is 1. The first-order chi connectivity index (χ1) is 19.9. The van der Waals surface area contributed by atoms with Gasteiger partial charge in [0, 0.05) is 42.0 Å². The number of aromatic nitrogens is 2. The van der Waals surface area contributed by atoms with Crippen LogP contribution in [0.5, 0.6) is 0 Å². The van der Waals surface area contributed by atoms with Gasteiger partial charge in [-0.3, -0.25) is 0 Å². The zero-order valence-electron chi connectivity index (χ0n) is 26.4. The van der Waals surface area contributed by atoms with Gasteiger partial charge < -0.3 is 14.4 Å². The van der Waals surface area contributed by atoms with E-state index in [1.165, 1.54) is 16.9 Å². The predicted octanol–water partition coefficient (Wildman–Crippen LogP) is 8.97. The first-order valence-electron chi connectivity index (χ1n) is 14.7.